The molecule has 0 saturated carbocycles. The molecule has 96 valence electrons. The lowest BCUT2D eigenvalue weighted by molar-refractivity contribution is 0.727. The molecule has 0 fully saturated rings. The van der Waals surface area contributed by atoms with Crippen molar-refractivity contribution >= 4 is 0 Å². The molecule has 1 aromatic rings. The van der Waals surface area contributed by atoms with Crippen molar-refractivity contribution in [3.05, 3.63) is 34.4 Å². The molecule has 0 amide bonds. The van der Waals surface area contributed by atoms with Crippen LogP contribution in [0.4, 0.5) is 0 Å². The molecule has 0 heteroatoms. The van der Waals surface area contributed by atoms with Crippen molar-refractivity contribution in [1.82, 2.24) is 0 Å². The molecule has 0 heterocycles. The van der Waals surface area contributed by atoms with Gasteiger partial charge < -0.3 is 0 Å². The van der Waals surface area contributed by atoms with Gasteiger partial charge in [0.05, 0.1) is 0 Å². The SMILES string of the molecule is CC.CCCCc1ccc(C)c2c1C(C)CC2. The van der Waals surface area contributed by atoms with Crippen LogP contribution in [0.1, 0.15) is 75.1 Å². The van der Waals surface area contributed by atoms with E-state index in [9.17, 15) is 0 Å². The summed E-state index contributed by atoms with van der Waals surface area (Å²) in [5.74, 6) is 0.798. The lowest BCUT2D eigenvalue weighted by Crippen LogP contribution is -1.98. The first-order valence-corrected chi connectivity index (χ1v) is 7.35. The molecule has 1 aromatic carbocycles. The fourth-order valence-electron chi connectivity index (χ4n) is 2.86. The second-order valence-corrected chi connectivity index (χ2v) is 4.98. The van der Waals surface area contributed by atoms with E-state index in [-0.39, 0.29) is 0 Å². The zero-order valence-electron chi connectivity index (χ0n) is 12.3. The lowest BCUT2D eigenvalue weighted by atomic mass is 9.92. The summed E-state index contributed by atoms with van der Waals surface area (Å²) < 4.78 is 0. The number of benzene rings is 1. The third-order valence-corrected chi connectivity index (χ3v) is 3.80. The number of hydrogen-bond donors (Lipinski definition) is 0. The zero-order valence-corrected chi connectivity index (χ0v) is 12.3. The Bertz CT molecular complexity index is 349. The van der Waals surface area contributed by atoms with Gasteiger partial charge in [0.15, 0.2) is 0 Å². The van der Waals surface area contributed by atoms with Crippen LogP contribution in [0.3, 0.4) is 0 Å². The highest BCUT2D eigenvalue weighted by Gasteiger charge is 2.22. The van der Waals surface area contributed by atoms with Crippen LogP contribution in [0.2, 0.25) is 0 Å². The number of rotatable bonds is 3. The minimum Gasteiger partial charge on any atom is -0.0683 e. The molecule has 1 unspecified atom stereocenters. The van der Waals surface area contributed by atoms with Crippen molar-refractivity contribution in [3.63, 3.8) is 0 Å². The van der Waals surface area contributed by atoms with E-state index < -0.39 is 0 Å². The van der Waals surface area contributed by atoms with E-state index in [0.29, 0.717) is 0 Å². The van der Waals surface area contributed by atoms with Crippen molar-refractivity contribution in [2.45, 2.75) is 72.6 Å². The van der Waals surface area contributed by atoms with Crippen LogP contribution in [-0.2, 0) is 12.8 Å². The Hall–Kier alpha value is -0.780. The van der Waals surface area contributed by atoms with Crippen LogP contribution in [-0.4, -0.2) is 0 Å². The number of fused-ring (bicyclic) bond motifs is 1. The Morgan fingerprint density at radius 2 is 1.94 bits per heavy atom. The summed E-state index contributed by atoms with van der Waals surface area (Å²) in [6.45, 7) is 10.9. The third-order valence-electron chi connectivity index (χ3n) is 3.80. The smallest absolute Gasteiger partial charge is 0.0182 e. The average Bonchev–Trinajstić information content (AvgIpc) is 2.75. The van der Waals surface area contributed by atoms with Gasteiger partial charge in [0.25, 0.3) is 0 Å². The van der Waals surface area contributed by atoms with E-state index >= 15 is 0 Å². The van der Waals surface area contributed by atoms with Gasteiger partial charge in [0.2, 0.25) is 0 Å². The van der Waals surface area contributed by atoms with Crippen molar-refractivity contribution in [1.29, 1.82) is 0 Å². The first-order chi connectivity index (χ1) is 8.24. The van der Waals surface area contributed by atoms with Crippen LogP contribution in [0, 0.1) is 6.92 Å². The Labute approximate surface area is 107 Å². The molecule has 0 saturated heterocycles. The Balaban J connectivity index is 0.000000686. The average molecular weight is 232 g/mol. The highest BCUT2D eigenvalue weighted by Crippen LogP contribution is 2.37. The molecule has 0 N–H and O–H groups in total. The fourth-order valence-corrected chi connectivity index (χ4v) is 2.86. The van der Waals surface area contributed by atoms with Crippen molar-refractivity contribution in [2.24, 2.45) is 0 Å². The van der Waals surface area contributed by atoms with E-state index in [4.69, 9.17) is 0 Å². The van der Waals surface area contributed by atoms with Crippen LogP contribution in [0.5, 0.6) is 0 Å². The van der Waals surface area contributed by atoms with E-state index in [0.717, 1.165) is 5.92 Å². The van der Waals surface area contributed by atoms with Gasteiger partial charge in [-0.25, -0.2) is 0 Å². The van der Waals surface area contributed by atoms with E-state index in [1.807, 2.05) is 13.8 Å². The Morgan fingerprint density at radius 1 is 1.24 bits per heavy atom. The van der Waals surface area contributed by atoms with Crippen molar-refractivity contribution in [3.8, 4) is 0 Å². The van der Waals surface area contributed by atoms with E-state index in [1.54, 1.807) is 16.7 Å². The molecular formula is C17H28. The van der Waals surface area contributed by atoms with E-state index in [2.05, 4.69) is 32.9 Å². The summed E-state index contributed by atoms with van der Waals surface area (Å²) in [6.07, 6.45) is 6.59. The maximum absolute atomic E-state index is 2.39. The second kappa shape index (κ2) is 6.83. The monoisotopic (exact) mass is 232 g/mol. The predicted octanol–water partition coefficient (Wildman–Crippen LogP) is 5.41. The number of aryl methyl sites for hydroxylation is 2. The lowest BCUT2D eigenvalue weighted by Gasteiger charge is -2.13. The summed E-state index contributed by atoms with van der Waals surface area (Å²) >= 11 is 0. The Kier molecular flexibility index (Phi) is 5.74. The van der Waals surface area contributed by atoms with Crippen LogP contribution in [0.15, 0.2) is 12.1 Å². The van der Waals surface area contributed by atoms with Gasteiger partial charge in [-0.15, -0.1) is 0 Å². The van der Waals surface area contributed by atoms with Gasteiger partial charge in [0.1, 0.15) is 0 Å². The van der Waals surface area contributed by atoms with Crippen molar-refractivity contribution < 1.29 is 0 Å². The van der Waals surface area contributed by atoms with Gasteiger partial charge in [-0.2, -0.15) is 0 Å². The maximum Gasteiger partial charge on any atom is -0.0182 e. The molecule has 0 nitrogen and oxygen atoms in total. The van der Waals surface area contributed by atoms with Gasteiger partial charge in [-0.05, 0) is 60.8 Å². The van der Waals surface area contributed by atoms with Crippen LogP contribution < -0.4 is 0 Å². The van der Waals surface area contributed by atoms with Gasteiger partial charge >= 0.3 is 0 Å². The normalized spacial score (nSPS) is 17.4. The third kappa shape index (κ3) is 3.12. The van der Waals surface area contributed by atoms with Crippen LogP contribution in [0.25, 0.3) is 0 Å². The summed E-state index contributed by atoms with van der Waals surface area (Å²) in [5, 5.41) is 0. The van der Waals surface area contributed by atoms with Gasteiger partial charge in [0, 0.05) is 0 Å². The first-order valence-electron chi connectivity index (χ1n) is 7.35. The summed E-state index contributed by atoms with van der Waals surface area (Å²) in [6, 6.07) is 4.69. The van der Waals surface area contributed by atoms with Crippen molar-refractivity contribution in [2.75, 3.05) is 0 Å². The number of unbranched alkanes of at least 4 members (excludes halogenated alkanes) is 1. The molecule has 0 radical (unpaired) electrons. The van der Waals surface area contributed by atoms with Crippen LogP contribution >= 0.6 is 0 Å². The largest absolute Gasteiger partial charge is 0.0683 e. The first kappa shape index (κ1) is 14.3. The molecule has 0 bridgehead atoms. The van der Waals surface area contributed by atoms with Gasteiger partial charge in [-0.3, -0.25) is 0 Å². The quantitative estimate of drug-likeness (QED) is 0.653. The summed E-state index contributed by atoms with van der Waals surface area (Å²) in [4.78, 5) is 0. The molecule has 0 aliphatic heterocycles. The molecule has 1 aliphatic carbocycles. The second-order valence-electron chi connectivity index (χ2n) is 4.98. The molecule has 1 aliphatic rings. The minimum absolute atomic E-state index is 0.798. The molecule has 2 rings (SSSR count). The molecule has 1 atom stereocenters. The Morgan fingerprint density at radius 3 is 2.59 bits per heavy atom. The standard InChI is InChI=1S/C15H22.C2H6/c1-4-5-6-13-9-7-11(2)14-10-8-12(3)15(13)14;1-2/h7,9,12H,4-6,8,10H2,1-3H3;1-2H3. The molecule has 0 spiro atoms. The molecule has 17 heavy (non-hydrogen) atoms. The molecular weight excluding hydrogens is 204 g/mol. The fraction of sp³-hybridized carbons (Fsp3) is 0.647. The topological polar surface area (TPSA) is 0 Å². The highest BCUT2D eigenvalue weighted by atomic mass is 14.3. The predicted molar refractivity (Wildman–Crippen MR) is 77.9 cm³/mol. The van der Waals surface area contributed by atoms with E-state index in [1.165, 1.54) is 37.7 Å². The zero-order chi connectivity index (χ0) is 12.8. The summed E-state index contributed by atoms with van der Waals surface area (Å²) in [5.41, 5.74) is 6.50. The summed E-state index contributed by atoms with van der Waals surface area (Å²) in [7, 11) is 0. The van der Waals surface area contributed by atoms with Gasteiger partial charge in [-0.1, -0.05) is 46.2 Å². The minimum atomic E-state index is 0.798. The highest BCUT2D eigenvalue weighted by molar-refractivity contribution is 5.45. The number of hydrogen-bond acceptors (Lipinski definition) is 0. The maximum atomic E-state index is 2.39. The molecule has 0 aromatic heterocycles.